The summed E-state index contributed by atoms with van der Waals surface area (Å²) in [6.07, 6.45) is 2.38. The van der Waals surface area contributed by atoms with Crippen molar-refractivity contribution in [3.05, 3.63) is 52.8 Å². The molecule has 4 rings (SSSR count). The van der Waals surface area contributed by atoms with Gasteiger partial charge in [0.1, 0.15) is 6.17 Å². The van der Waals surface area contributed by atoms with Gasteiger partial charge in [0, 0.05) is 35.8 Å². The number of fused-ring (bicyclic) bond motifs is 1. The van der Waals surface area contributed by atoms with Crippen LogP contribution in [-0.4, -0.2) is 23.2 Å². The molecule has 3 heterocycles. The Hall–Kier alpha value is -2.27. The average molecular weight is 325 g/mol. The number of amides is 1. The van der Waals surface area contributed by atoms with Crippen LogP contribution in [0, 0.1) is 13.8 Å². The Morgan fingerprint density at radius 1 is 1.25 bits per heavy atom. The van der Waals surface area contributed by atoms with E-state index in [1.807, 2.05) is 24.3 Å². The molecule has 24 heavy (non-hydrogen) atoms. The zero-order valence-electron chi connectivity index (χ0n) is 14.1. The van der Waals surface area contributed by atoms with Crippen molar-refractivity contribution < 1.29 is 9.53 Å². The quantitative estimate of drug-likeness (QED) is 0.911. The first-order chi connectivity index (χ1) is 11.6. The number of rotatable bonds is 3. The molecule has 1 amide bonds. The normalized spacial score (nSPS) is 22.8. The first-order valence-corrected chi connectivity index (χ1v) is 8.58. The monoisotopic (exact) mass is 325 g/mol. The van der Waals surface area contributed by atoms with Gasteiger partial charge in [-0.3, -0.25) is 4.79 Å². The highest BCUT2D eigenvalue weighted by Crippen LogP contribution is 2.30. The highest BCUT2D eigenvalue weighted by molar-refractivity contribution is 6.01. The summed E-state index contributed by atoms with van der Waals surface area (Å²) >= 11 is 0. The molecule has 0 spiro atoms. The maximum absolute atomic E-state index is 12.4. The van der Waals surface area contributed by atoms with E-state index in [9.17, 15) is 4.79 Å². The number of hydrogen-bond acceptors (Lipinski definition) is 3. The Kier molecular flexibility index (Phi) is 3.81. The van der Waals surface area contributed by atoms with Crippen molar-refractivity contribution >= 4 is 11.6 Å². The lowest BCUT2D eigenvalue weighted by Gasteiger charge is -2.28. The number of aromatic nitrogens is 1. The second-order valence-corrected chi connectivity index (χ2v) is 6.67. The number of nitrogens with zero attached hydrogens (tertiary/aromatic N) is 1. The fourth-order valence-electron chi connectivity index (χ4n) is 3.76. The minimum absolute atomic E-state index is 0.0294. The Morgan fingerprint density at radius 2 is 2.08 bits per heavy atom. The summed E-state index contributed by atoms with van der Waals surface area (Å²) in [6.45, 7) is 5.98. The lowest BCUT2D eigenvalue weighted by Crippen LogP contribution is -2.38. The SMILES string of the molecule is Cc1cc([C@@H]2NC(=O)c3ccccc3N2)c(C)n1C[C@@H]1CCCO1. The van der Waals surface area contributed by atoms with E-state index in [2.05, 4.69) is 35.1 Å². The van der Waals surface area contributed by atoms with Gasteiger partial charge in [-0.1, -0.05) is 12.1 Å². The number of carbonyl (C=O) groups excluding carboxylic acids is 1. The molecule has 0 unspecified atom stereocenters. The topological polar surface area (TPSA) is 55.3 Å². The van der Waals surface area contributed by atoms with Crippen LogP contribution < -0.4 is 10.6 Å². The van der Waals surface area contributed by atoms with Gasteiger partial charge in [-0.25, -0.2) is 0 Å². The summed E-state index contributed by atoms with van der Waals surface area (Å²) in [6, 6.07) is 9.79. The summed E-state index contributed by atoms with van der Waals surface area (Å²) in [7, 11) is 0. The predicted octanol–water partition coefficient (Wildman–Crippen LogP) is 3.14. The van der Waals surface area contributed by atoms with Gasteiger partial charge in [0.15, 0.2) is 0 Å². The molecule has 2 aliphatic rings. The van der Waals surface area contributed by atoms with E-state index in [-0.39, 0.29) is 12.1 Å². The largest absolute Gasteiger partial charge is 0.376 e. The Balaban J connectivity index is 1.62. The molecule has 0 aliphatic carbocycles. The number of benzene rings is 1. The van der Waals surface area contributed by atoms with Gasteiger partial charge in [-0.15, -0.1) is 0 Å². The van der Waals surface area contributed by atoms with Crippen LogP contribution in [0.25, 0.3) is 0 Å². The van der Waals surface area contributed by atoms with Crippen LogP contribution in [0.4, 0.5) is 5.69 Å². The van der Waals surface area contributed by atoms with E-state index in [0.717, 1.165) is 37.2 Å². The van der Waals surface area contributed by atoms with Gasteiger partial charge in [0.25, 0.3) is 5.91 Å². The van der Waals surface area contributed by atoms with Gasteiger partial charge in [0.2, 0.25) is 0 Å². The molecule has 2 aromatic rings. The molecule has 1 aromatic heterocycles. The maximum Gasteiger partial charge on any atom is 0.255 e. The number of aryl methyl sites for hydroxylation is 1. The molecule has 2 aliphatic heterocycles. The van der Waals surface area contributed by atoms with Gasteiger partial charge in [0.05, 0.1) is 11.7 Å². The first kappa shape index (κ1) is 15.3. The highest BCUT2D eigenvalue weighted by atomic mass is 16.5. The Morgan fingerprint density at radius 3 is 2.88 bits per heavy atom. The average Bonchev–Trinajstić information content (AvgIpc) is 3.18. The van der Waals surface area contributed by atoms with Crippen LogP contribution >= 0.6 is 0 Å². The standard InChI is InChI=1S/C19H23N3O2/c1-12-10-16(13(2)22(12)11-14-6-5-9-24-14)18-20-17-8-4-3-7-15(17)19(23)21-18/h3-4,7-8,10,14,18,20H,5-6,9,11H2,1-2H3,(H,21,23)/t14-,18-/m0/s1. The summed E-state index contributed by atoms with van der Waals surface area (Å²) in [5, 5.41) is 6.51. The molecule has 126 valence electrons. The second kappa shape index (κ2) is 5.98. The van der Waals surface area contributed by atoms with E-state index < -0.39 is 0 Å². The fraction of sp³-hybridized carbons (Fsp3) is 0.421. The molecule has 2 atom stereocenters. The van der Waals surface area contributed by atoms with Crippen LogP contribution in [0.2, 0.25) is 0 Å². The summed E-state index contributed by atoms with van der Waals surface area (Å²) in [5.74, 6) is -0.0294. The smallest absolute Gasteiger partial charge is 0.255 e. The van der Waals surface area contributed by atoms with Gasteiger partial charge in [-0.2, -0.15) is 0 Å². The highest BCUT2D eigenvalue weighted by Gasteiger charge is 2.27. The molecule has 5 nitrogen and oxygen atoms in total. The zero-order chi connectivity index (χ0) is 16.7. The Labute approximate surface area is 142 Å². The summed E-state index contributed by atoms with van der Waals surface area (Å²) in [4.78, 5) is 12.4. The number of carbonyl (C=O) groups is 1. The number of para-hydroxylation sites is 1. The van der Waals surface area contributed by atoms with Gasteiger partial charge in [-0.05, 0) is 44.9 Å². The van der Waals surface area contributed by atoms with Crippen LogP contribution in [-0.2, 0) is 11.3 Å². The van der Waals surface area contributed by atoms with E-state index in [1.54, 1.807) is 0 Å². The third-order valence-corrected chi connectivity index (χ3v) is 5.08. The van der Waals surface area contributed by atoms with Gasteiger partial charge < -0.3 is 19.9 Å². The van der Waals surface area contributed by atoms with E-state index in [0.29, 0.717) is 11.7 Å². The van der Waals surface area contributed by atoms with Crippen molar-refractivity contribution in [3.63, 3.8) is 0 Å². The third-order valence-electron chi connectivity index (χ3n) is 5.08. The van der Waals surface area contributed by atoms with Crippen molar-refractivity contribution in [1.29, 1.82) is 0 Å². The van der Waals surface area contributed by atoms with Crippen LogP contribution in [0.15, 0.2) is 30.3 Å². The first-order valence-electron chi connectivity index (χ1n) is 8.58. The molecule has 0 radical (unpaired) electrons. The molecule has 1 fully saturated rings. The zero-order valence-corrected chi connectivity index (χ0v) is 14.1. The molecular weight excluding hydrogens is 302 g/mol. The molecule has 1 aromatic carbocycles. The molecule has 2 N–H and O–H groups in total. The maximum atomic E-state index is 12.4. The predicted molar refractivity (Wildman–Crippen MR) is 93.2 cm³/mol. The van der Waals surface area contributed by atoms with Crippen LogP contribution in [0.3, 0.4) is 0 Å². The van der Waals surface area contributed by atoms with Crippen molar-refractivity contribution in [2.24, 2.45) is 0 Å². The fourth-order valence-corrected chi connectivity index (χ4v) is 3.76. The van der Waals surface area contributed by atoms with Crippen LogP contribution in [0.1, 0.15) is 46.3 Å². The number of hydrogen-bond donors (Lipinski definition) is 2. The minimum Gasteiger partial charge on any atom is -0.376 e. The molecule has 0 bridgehead atoms. The third kappa shape index (κ3) is 2.59. The number of ether oxygens (including phenoxy) is 1. The molecular formula is C19H23N3O2. The minimum atomic E-state index is -0.197. The van der Waals surface area contributed by atoms with E-state index >= 15 is 0 Å². The van der Waals surface area contributed by atoms with Crippen LogP contribution in [0.5, 0.6) is 0 Å². The molecule has 5 heteroatoms. The summed E-state index contributed by atoms with van der Waals surface area (Å²) < 4.78 is 8.08. The van der Waals surface area contributed by atoms with Crippen molar-refractivity contribution in [2.45, 2.75) is 45.5 Å². The molecule has 0 saturated carbocycles. The van der Waals surface area contributed by atoms with E-state index in [4.69, 9.17) is 4.74 Å². The lowest BCUT2D eigenvalue weighted by molar-refractivity contribution is 0.0933. The van der Waals surface area contributed by atoms with Gasteiger partial charge >= 0.3 is 0 Å². The van der Waals surface area contributed by atoms with Crippen molar-refractivity contribution in [2.75, 3.05) is 11.9 Å². The second-order valence-electron chi connectivity index (χ2n) is 6.67. The number of nitrogens with one attached hydrogen (secondary N) is 2. The lowest BCUT2D eigenvalue weighted by atomic mass is 10.1. The van der Waals surface area contributed by atoms with Crippen molar-refractivity contribution in [1.82, 2.24) is 9.88 Å². The summed E-state index contributed by atoms with van der Waals surface area (Å²) in [5.41, 5.74) is 5.08. The Bertz CT molecular complexity index is 775. The van der Waals surface area contributed by atoms with Crippen molar-refractivity contribution in [3.8, 4) is 0 Å². The molecule has 1 saturated heterocycles. The number of anilines is 1. The van der Waals surface area contributed by atoms with E-state index in [1.165, 1.54) is 11.4 Å².